The Balaban J connectivity index is 1.65. The van der Waals surface area contributed by atoms with E-state index in [-0.39, 0.29) is 27.9 Å². The summed E-state index contributed by atoms with van der Waals surface area (Å²) in [6.45, 7) is 3.73. The molecule has 0 spiro atoms. The quantitative estimate of drug-likeness (QED) is 0.354. The van der Waals surface area contributed by atoms with Crippen LogP contribution in [0.2, 0.25) is 0 Å². The Morgan fingerprint density at radius 3 is 2.68 bits per heavy atom. The van der Waals surface area contributed by atoms with Gasteiger partial charge in [0.25, 0.3) is 5.56 Å². The highest BCUT2D eigenvalue weighted by atomic mass is 16.3. The van der Waals surface area contributed by atoms with E-state index in [1.165, 1.54) is 12.5 Å². The first-order valence-electron chi connectivity index (χ1n) is 11.5. The van der Waals surface area contributed by atoms with Crippen LogP contribution in [0.4, 0.5) is 11.6 Å². The molecule has 0 bridgehead atoms. The number of allylic oxidation sites excluding steroid dienone is 1. The molecule has 0 atom stereocenters. The molecule has 1 N–H and O–H groups in total. The number of hydrogen-bond acceptors (Lipinski definition) is 8. The Hall–Kier alpha value is -5.80. The molecule has 4 heterocycles. The summed E-state index contributed by atoms with van der Waals surface area (Å²) in [5.74, 6) is 0.356. The Kier molecular flexibility index (Phi) is 5.18. The van der Waals surface area contributed by atoms with Gasteiger partial charge in [-0.05, 0) is 30.2 Å². The van der Waals surface area contributed by atoms with Crippen molar-refractivity contribution < 1.29 is 4.42 Å². The zero-order valence-corrected chi connectivity index (χ0v) is 19.7. The number of rotatable bonds is 3. The van der Waals surface area contributed by atoms with E-state index in [4.69, 9.17) is 4.42 Å². The highest BCUT2D eigenvalue weighted by molar-refractivity contribution is 5.96. The molecule has 0 saturated carbocycles. The summed E-state index contributed by atoms with van der Waals surface area (Å²) in [5, 5.41) is 28.6. The number of pyridine rings is 2. The van der Waals surface area contributed by atoms with E-state index in [1.807, 2.05) is 42.5 Å². The molecule has 9 heteroatoms. The Morgan fingerprint density at radius 1 is 1.08 bits per heavy atom. The van der Waals surface area contributed by atoms with Gasteiger partial charge in [0.05, 0.1) is 22.7 Å². The number of fused-ring (bicyclic) bond motifs is 4. The van der Waals surface area contributed by atoms with Crippen molar-refractivity contribution in [3.8, 4) is 23.3 Å². The standard InChI is InChI=1S/C29H16N6O3/c1-2-6-16-8-5-9-19-25(36)22(15-38-26(16)19)24-20(12-30)28-34-27-18(11-17-7-3-4-10-23(17)33-27)14-32-35(28)29(37)21(24)13-31/h2-5,7-11,14-15H,1,6H2,(H,33,34). The van der Waals surface area contributed by atoms with Crippen molar-refractivity contribution in [1.29, 1.82) is 10.5 Å². The van der Waals surface area contributed by atoms with Gasteiger partial charge in [0.1, 0.15) is 40.9 Å². The summed E-state index contributed by atoms with van der Waals surface area (Å²) < 4.78 is 6.78. The number of benzene rings is 2. The van der Waals surface area contributed by atoms with E-state index in [9.17, 15) is 20.1 Å². The summed E-state index contributed by atoms with van der Waals surface area (Å²) in [5.41, 5.74) is 0.418. The third-order valence-electron chi connectivity index (χ3n) is 6.40. The van der Waals surface area contributed by atoms with E-state index in [0.29, 0.717) is 28.9 Å². The topological polar surface area (TPSA) is 137 Å². The maximum Gasteiger partial charge on any atom is 0.291 e. The minimum absolute atomic E-state index is 0.0100. The summed E-state index contributed by atoms with van der Waals surface area (Å²) in [6, 6.07) is 18.4. The molecule has 0 saturated heterocycles. The molecule has 6 rings (SSSR count). The first-order valence-corrected chi connectivity index (χ1v) is 11.5. The van der Waals surface area contributed by atoms with Crippen LogP contribution in [0.25, 0.3) is 33.0 Å². The molecule has 0 amide bonds. The zero-order valence-electron chi connectivity index (χ0n) is 19.7. The van der Waals surface area contributed by atoms with E-state index in [0.717, 1.165) is 15.6 Å². The summed E-state index contributed by atoms with van der Waals surface area (Å²) in [4.78, 5) is 31.7. The van der Waals surface area contributed by atoms with Crippen molar-refractivity contribution in [1.82, 2.24) is 9.66 Å². The zero-order chi connectivity index (χ0) is 26.4. The van der Waals surface area contributed by atoms with Gasteiger partial charge < -0.3 is 9.73 Å². The molecule has 0 unspecified atom stereocenters. The van der Waals surface area contributed by atoms with Crippen LogP contribution in [0, 0.1) is 22.7 Å². The van der Waals surface area contributed by atoms with E-state index in [2.05, 4.69) is 28.1 Å². The molecule has 0 aliphatic carbocycles. The monoisotopic (exact) mass is 496 g/mol. The third-order valence-corrected chi connectivity index (χ3v) is 6.40. The second-order valence-electron chi connectivity index (χ2n) is 8.57. The maximum atomic E-state index is 13.6. The second-order valence-corrected chi connectivity index (χ2v) is 8.57. The number of anilines is 2. The molecule has 2 aromatic carbocycles. The molecule has 1 aliphatic heterocycles. The predicted octanol–water partition coefficient (Wildman–Crippen LogP) is 4.58. The number of para-hydroxylation sites is 2. The second kappa shape index (κ2) is 8.70. The van der Waals surface area contributed by atoms with Gasteiger partial charge in [-0.2, -0.15) is 20.3 Å². The number of nitriles is 2. The van der Waals surface area contributed by atoms with Gasteiger partial charge in [-0.1, -0.05) is 36.4 Å². The van der Waals surface area contributed by atoms with Crippen LogP contribution in [-0.4, -0.2) is 15.9 Å². The van der Waals surface area contributed by atoms with Gasteiger partial charge in [0.2, 0.25) is 5.43 Å². The normalized spacial score (nSPS) is 11.6. The third kappa shape index (κ3) is 3.31. The molecule has 1 aliphatic rings. The number of nitrogens with zero attached hydrogens (tertiary/aromatic N) is 5. The van der Waals surface area contributed by atoms with Crippen molar-refractivity contribution in [2.45, 2.75) is 6.42 Å². The fourth-order valence-electron chi connectivity index (χ4n) is 4.64. The van der Waals surface area contributed by atoms with Crippen molar-refractivity contribution in [2.75, 3.05) is 5.32 Å². The molecule has 0 fully saturated rings. The first kappa shape index (κ1) is 22.7. The lowest BCUT2D eigenvalue weighted by molar-refractivity contribution is 0.601. The molecule has 5 aromatic rings. The highest BCUT2D eigenvalue weighted by Crippen LogP contribution is 2.33. The van der Waals surface area contributed by atoms with Crippen molar-refractivity contribution in [2.24, 2.45) is 5.10 Å². The van der Waals surface area contributed by atoms with Gasteiger partial charge in [-0.15, -0.1) is 6.58 Å². The highest BCUT2D eigenvalue weighted by Gasteiger charge is 2.28. The van der Waals surface area contributed by atoms with Gasteiger partial charge in [-0.3, -0.25) is 9.59 Å². The lowest BCUT2D eigenvalue weighted by atomic mass is 9.96. The van der Waals surface area contributed by atoms with E-state index >= 15 is 0 Å². The molecule has 0 radical (unpaired) electrons. The van der Waals surface area contributed by atoms with Gasteiger partial charge >= 0.3 is 0 Å². The van der Waals surface area contributed by atoms with Gasteiger partial charge in [-0.25, -0.2) is 4.98 Å². The predicted molar refractivity (Wildman–Crippen MR) is 144 cm³/mol. The summed E-state index contributed by atoms with van der Waals surface area (Å²) in [7, 11) is 0. The minimum atomic E-state index is -0.794. The molecule has 3 aromatic heterocycles. The lowest BCUT2D eigenvalue weighted by Crippen LogP contribution is -2.25. The van der Waals surface area contributed by atoms with E-state index in [1.54, 1.807) is 18.2 Å². The summed E-state index contributed by atoms with van der Waals surface area (Å²) >= 11 is 0. The van der Waals surface area contributed by atoms with E-state index < -0.39 is 16.6 Å². The smallest absolute Gasteiger partial charge is 0.291 e. The van der Waals surface area contributed by atoms with Crippen LogP contribution in [0.5, 0.6) is 0 Å². The first-order chi connectivity index (χ1) is 18.5. The maximum absolute atomic E-state index is 13.6. The van der Waals surface area contributed by atoms with Gasteiger partial charge in [0, 0.05) is 16.5 Å². The fraction of sp³-hybridized carbons (Fsp3) is 0.0345. The molecule has 180 valence electrons. The SMILES string of the molecule is C=CCc1cccc2c(=O)c(-c3c(C#N)c4n(c(=O)c3C#N)N=Cc3cc5ccccc5nc3N4)coc12. The molecule has 38 heavy (non-hydrogen) atoms. The van der Waals surface area contributed by atoms with Crippen molar-refractivity contribution in [3.05, 3.63) is 110 Å². The van der Waals surface area contributed by atoms with Crippen LogP contribution < -0.4 is 16.3 Å². The Bertz CT molecular complexity index is 2070. The largest absolute Gasteiger partial charge is 0.463 e. The Labute approximate surface area is 214 Å². The fourth-order valence-corrected chi connectivity index (χ4v) is 4.64. The van der Waals surface area contributed by atoms with Gasteiger partial charge in [0.15, 0.2) is 5.82 Å². The van der Waals surface area contributed by atoms with Crippen LogP contribution in [0.15, 0.2) is 86.6 Å². The number of hydrogen-bond donors (Lipinski definition) is 1. The van der Waals surface area contributed by atoms with Crippen LogP contribution in [0.3, 0.4) is 0 Å². The molecule has 9 nitrogen and oxygen atoms in total. The number of aromatic nitrogens is 2. The van der Waals surface area contributed by atoms with Crippen molar-refractivity contribution >= 4 is 39.7 Å². The average molecular weight is 496 g/mol. The van der Waals surface area contributed by atoms with Crippen LogP contribution >= 0.6 is 0 Å². The molecular formula is C29H16N6O3. The molecular weight excluding hydrogens is 480 g/mol. The minimum Gasteiger partial charge on any atom is -0.463 e. The van der Waals surface area contributed by atoms with Crippen LogP contribution in [0.1, 0.15) is 22.3 Å². The lowest BCUT2D eigenvalue weighted by Gasteiger charge is -2.15. The van der Waals surface area contributed by atoms with Crippen molar-refractivity contribution in [3.63, 3.8) is 0 Å². The average Bonchev–Trinajstić information content (AvgIpc) is 3.12. The number of nitrogens with one attached hydrogen (secondary N) is 1. The van der Waals surface area contributed by atoms with Crippen LogP contribution in [-0.2, 0) is 6.42 Å². The summed E-state index contributed by atoms with van der Waals surface area (Å²) in [6.07, 6.45) is 4.80. The Morgan fingerprint density at radius 2 is 1.89 bits per heavy atom.